The van der Waals surface area contributed by atoms with Crippen LogP contribution in [0.3, 0.4) is 0 Å². The van der Waals surface area contributed by atoms with E-state index in [0.29, 0.717) is 13.2 Å². The fourth-order valence-electron chi connectivity index (χ4n) is 1.69. The summed E-state index contributed by atoms with van der Waals surface area (Å²) in [5.41, 5.74) is 0.968. The maximum Gasteiger partial charge on any atom is 0.164 e. The van der Waals surface area contributed by atoms with Crippen molar-refractivity contribution in [2.45, 2.75) is 13.5 Å². The predicted molar refractivity (Wildman–Crippen MR) is 82.9 cm³/mol. The number of rotatable bonds is 6. The van der Waals surface area contributed by atoms with E-state index >= 15 is 0 Å². The summed E-state index contributed by atoms with van der Waals surface area (Å²) < 4.78 is 17.2. The molecule has 1 heterocycles. The lowest BCUT2D eigenvalue weighted by molar-refractivity contribution is 0.311. The van der Waals surface area contributed by atoms with Crippen LogP contribution in [0.4, 0.5) is 5.69 Å². The van der Waals surface area contributed by atoms with E-state index in [1.165, 1.54) is 0 Å². The average molecular weight is 373 g/mol. The van der Waals surface area contributed by atoms with Gasteiger partial charge >= 0.3 is 0 Å². The Morgan fingerprint density at radius 1 is 1.21 bits per heavy atom. The molecule has 0 amide bonds. The summed E-state index contributed by atoms with van der Waals surface area (Å²) in [7, 11) is 1.63. The van der Waals surface area contributed by atoms with Gasteiger partial charge in [-0.3, -0.25) is 0 Å². The van der Waals surface area contributed by atoms with Crippen LogP contribution in [0.5, 0.6) is 11.5 Å². The van der Waals surface area contributed by atoms with Crippen LogP contribution in [-0.4, -0.2) is 13.7 Å². The van der Waals surface area contributed by atoms with E-state index in [2.05, 4.69) is 27.9 Å². The summed E-state index contributed by atoms with van der Waals surface area (Å²) in [6, 6.07) is 9.67. The molecule has 102 valence electrons. The lowest BCUT2D eigenvalue weighted by Gasteiger charge is -2.11. The minimum absolute atomic E-state index is 0.607. The number of halogens is 1. The number of methoxy groups -OCH3 is 1. The van der Waals surface area contributed by atoms with Crippen molar-refractivity contribution < 1.29 is 13.9 Å². The molecule has 1 aromatic heterocycles. The van der Waals surface area contributed by atoms with E-state index in [0.717, 1.165) is 26.7 Å². The van der Waals surface area contributed by atoms with Crippen LogP contribution in [0.25, 0.3) is 0 Å². The van der Waals surface area contributed by atoms with Crippen LogP contribution in [-0.2, 0) is 6.54 Å². The molecule has 0 bridgehead atoms. The normalized spacial score (nSPS) is 10.3. The van der Waals surface area contributed by atoms with Crippen molar-refractivity contribution >= 4 is 28.3 Å². The van der Waals surface area contributed by atoms with Crippen LogP contribution in [0.2, 0.25) is 0 Å². The molecule has 0 radical (unpaired) electrons. The summed E-state index contributed by atoms with van der Waals surface area (Å²) in [4.78, 5) is 0. The zero-order valence-corrected chi connectivity index (χ0v) is 13.1. The highest BCUT2D eigenvalue weighted by Gasteiger charge is 2.06. The largest absolute Gasteiger partial charge is 0.493 e. The summed E-state index contributed by atoms with van der Waals surface area (Å²) in [6.07, 6.45) is 0. The Labute approximate surface area is 126 Å². The van der Waals surface area contributed by atoms with E-state index in [-0.39, 0.29) is 0 Å². The van der Waals surface area contributed by atoms with Crippen molar-refractivity contribution in [2.75, 3.05) is 19.0 Å². The zero-order valence-electron chi connectivity index (χ0n) is 10.9. The molecular weight excluding hydrogens is 357 g/mol. The lowest BCUT2D eigenvalue weighted by atomic mass is 10.2. The van der Waals surface area contributed by atoms with Crippen molar-refractivity contribution in [3.63, 3.8) is 0 Å². The van der Waals surface area contributed by atoms with Gasteiger partial charge in [-0.25, -0.2) is 0 Å². The molecule has 1 aromatic carbocycles. The van der Waals surface area contributed by atoms with Gasteiger partial charge in [0, 0.05) is 11.8 Å². The summed E-state index contributed by atoms with van der Waals surface area (Å²) in [5.74, 6) is 2.38. The molecule has 0 unspecified atom stereocenters. The molecule has 0 fully saturated rings. The van der Waals surface area contributed by atoms with Crippen LogP contribution < -0.4 is 14.8 Å². The second kappa shape index (κ2) is 6.70. The fraction of sp³-hybridized carbons (Fsp3) is 0.286. The van der Waals surface area contributed by atoms with Crippen LogP contribution in [0.15, 0.2) is 34.7 Å². The quantitative estimate of drug-likeness (QED) is 0.780. The van der Waals surface area contributed by atoms with Crippen molar-refractivity contribution in [1.29, 1.82) is 0 Å². The molecular formula is C14H16INO3. The molecule has 0 saturated carbocycles. The Morgan fingerprint density at radius 2 is 2.05 bits per heavy atom. The first kappa shape index (κ1) is 14.0. The topological polar surface area (TPSA) is 43.6 Å². The molecule has 0 saturated heterocycles. The first-order chi connectivity index (χ1) is 9.22. The van der Waals surface area contributed by atoms with Gasteiger partial charge in [-0.1, -0.05) is 0 Å². The van der Waals surface area contributed by atoms with Crippen molar-refractivity contribution in [1.82, 2.24) is 0 Å². The van der Waals surface area contributed by atoms with Crippen molar-refractivity contribution in [3.8, 4) is 11.5 Å². The van der Waals surface area contributed by atoms with Gasteiger partial charge in [0.1, 0.15) is 5.76 Å². The fourth-order valence-corrected chi connectivity index (χ4v) is 2.15. The van der Waals surface area contributed by atoms with Gasteiger partial charge in [0.2, 0.25) is 0 Å². The number of anilines is 1. The molecule has 0 aliphatic rings. The van der Waals surface area contributed by atoms with Crippen molar-refractivity contribution in [3.05, 3.63) is 39.9 Å². The van der Waals surface area contributed by atoms with Gasteiger partial charge in [0.05, 0.1) is 20.3 Å². The molecule has 0 aliphatic carbocycles. The van der Waals surface area contributed by atoms with E-state index in [9.17, 15) is 0 Å². The molecule has 5 heteroatoms. The van der Waals surface area contributed by atoms with E-state index in [1.54, 1.807) is 7.11 Å². The number of nitrogens with one attached hydrogen (secondary N) is 1. The third kappa shape index (κ3) is 3.79. The Hall–Kier alpha value is -1.37. The zero-order chi connectivity index (χ0) is 13.7. The van der Waals surface area contributed by atoms with E-state index in [1.807, 2.05) is 37.3 Å². The number of furan rings is 1. The Kier molecular flexibility index (Phi) is 4.95. The Bertz CT molecular complexity index is 539. The third-order valence-electron chi connectivity index (χ3n) is 2.56. The molecule has 4 nitrogen and oxygen atoms in total. The molecule has 0 spiro atoms. The standard InChI is InChI=1S/C14H16INO3/c1-3-18-13-8-10(4-6-12(13)17-2)16-9-11-5-7-14(15)19-11/h4-8,16H,3,9H2,1-2H3. The minimum atomic E-state index is 0.607. The molecule has 19 heavy (non-hydrogen) atoms. The first-order valence-corrected chi connectivity index (χ1v) is 7.09. The van der Waals surface area contributed by atoms with Crippen LogP contribution >= 0.6 is 22.6 Å². The lowest BCUT2D eigenvalue weighted by Crippen LogP contribution is -2.00. The average Bonchev–Trinajstić information content (AvgIpc) is 2.83. The second-order valence-corrected chi connectivity index (χ2v) is 4.92. The summed E-state index contributed by atoms with van der Waals surface area (Å²) in [6.45, 7) is 3.20. The SMILES string of the molecule is CCOc1cc(NCc2ccc(I)o2)ccc1OC. The minimum Gasteiger partial charge on any atom is -0.493 e. The third-order valence-corrected chi connectivity index (χ3v) is 3.14. The maximum atomic E-state index is 5.54. The molecule has 0 aliphatic heterocycles. The number of benzene rings is 1. The van der Waals surface area contributed by atoms with Crippen LogP contribution in [0, 0.1) is 3.77 Å². The van der Waals surface area contributed by atoms with E-state index in [4.69, 9.17) is 13.9 Å². The molecule has 1 N–H and O–H groups in total. The van der Waals surface area contributed by atoms with Crippen molar-refractivity contribution in [2.24, 2.45) is 0 Å². The van der Waals surface area contributed by atoms with Crippen LogP contribution in [0.1, 0.15) is 12.7 Å². The van der Waals surface area contributed by atoms with E-state index < -0.39 is 0 Å². The summed E-state index contributed by atoms with van der Waals surface area (Å²) >= 11 is 2.15. The Morgan fingerprint density at radius 3 is 2.68 bits per heavy atom. The van der Waals surface area contributed by atoms with Gasteiger partial charge in [-0.05, 0) is 53.8 Å². The first-order valence-electron chi connectivity index (χ1n) is 6.02. The molecule has 2 rings (SSSR count). The monoisotopic (exact) mass is 373 g/mol. The Balaban J connectivity index is 2.05. The predicted octanol–water partition coefficient (Wildman–Crippen LogP) is 3.90. The smallest absolute Gasteiger partial charge is 0.164 e. The van der Waals surface area contributed by atoms with Gasteiger partial charge in [0.15, 0.2) is 15.3 Å². The van der Waals surface area contributed by atoms with Gasteiger partial charge < -0.3 is 19.2 Å². The highest BCUT2D eigenvalue weighted by Crippen LogP contribution is 2.30. The molecule has 2 aromatic rings. The van der Waals surface area contributed by atoms with Gasteiger partial charge in [-0.2, -0.15) is 0 Å². The second-order valence-electron chi connectivity index (χ2n) is 3.86. The highest BCUT2D eigenvalue weighted by atomic mass is 127. The number of hydrogen-bond donors (Lipinski definition) is 1. The molecule has 0 atom stereocenters. The highest BCUT2D eigenvalue weighted by molar-refractivity contribution is 14.1. The number of hydrogen-bond acceptors (Lipinski definition) is 4. The van der Waals surface area contributed by atoms with Gasteiger partial charge in [0.25, 0.3) is 0 Å². The maximum absolute atomic E-state index is 5.54. The van der Waals surface area contributed by atoms with Gasteiger partial charge in [-0.15, -0.1) is 0 Å². The summed E-state index contributed by atoms with van der Waals surface area (Å²) in [5, 5.41) is 3.29. The number of ether oxygens (including phenoxy) is 2.